The lowest BCUT2D eigenvalue weighted by atomic mass is 10.1. The molecule has 0 aliphatic heterocycles. The van der Waals surface area contributed by atoms with Crippen molar-refractivity contribution in [2.45, 2.75) is 32.8 Å². The van der Waals surface area contributed by atoms with Gasteiger partial charge in [-0.05, 0) is 50.3 Å². The van der Waals surface area contributed by atoms with Crippen LogP contribution < -0.4 is 15.4 Å². The van der Waals surface area contributed by atoms with E-state index in [1.807, 2.05) is 36.6 Å². The van der Waals surface area contributed by atoms with Gasteiger partial charge in [0.05, 0.1) is 13.7 Å². The van der Waals surface area contributed by atoms with Crippen LogP contribution in [0.5, 0.6) is 5.75 Å². The number of thiophene rings is 1. The van der Waals surface area contributed by atoms with E-state index in [-0.39, 0.29) is 0 Å². The molecule has 1 aromatic carbocycles. The van der Waals surface area contributed by atoms with Gasteiger partial charge in [0.15, 0.2) is 5.96 Å². The number of methoxy groups -OCH3 is 1. The predicted octanol–water partition coefficient (Wildman–Crippen LogP) is 3.07. The van der Waals surface area contributed by atoms with Crippen molar-refractivity contribution in [2.75, 3.05) is 26.7 Å². The highest BCUT2D eigenvalue weighted by Crippen LogP contribution is 2.25. The van der Waals surface area contributed by atoms with Crippen LogP contribution in [0.15, 0.2) is 40.7 Å². The van der Waals surface area contributed by atoms with E-state index < -0.39 is 5.60 Å². The van der Waals surface area contributed by atoms with Crippen LogP contribution in [-0.4, -0.2) is 37.8 Å². The molecule has 1 atom stereocenters. The second-order valence-corrected chi connectivity index (χ2v) is 7.39. The monoisotopic (exact) mass is 375 g/mol. The third-order valence-corrected chi connectivity index (χ3v) is 5.19. The third-order valence-electron chi connectivity index (χ3n) is 4.06. The van der Waals surface area contributed by atoms with Crippen LogP contribution in [0.4, 0.5) is 0 Å². The van der Waals surface area contributed by atoms with Crippen molar-refractivity contribution in [3.05, 3.63) is 51.7 Å². The molecule has 0 fully saturated rings. The normalized spacial score (nSPS) is 14.0. The number of aliphatic hydroxyl groups is 1. The summed E-state index contributed by atoms with van der Waals surface area (Å²) in [5.74, 6) is 1.61. The van der Waals surface area contributed by atoms with Gasteiger partial charge in [0, 0.05) is 18.0 Å². The van der Waals surface area contributed by atoms with Crippen molar-refractivity contribution >= 4 is 17.3 Å². The Hall–Kier alpha value is -2.05. The second-order valence-electron chi connectivity index (χ2n) is 6.44. The van der Waals surface area contributed by atoms with Crippen LogP contribution in [0.2, 0.25) is 0 Å². The van der Waals surface area contributed by atoms with Crippen molar-refractivity contribution < 1.29 is 9.84 Å². The second kappa shape index (κ2) is 9.59. The van der Waals surface area contributed by atoms with Crippen molar-refractivity contribution in [2.24, 2.45) is 4.99 Å². The molecule has 26 heavy (non-hydrogen) atoms. The number of aliphatic imine (C=N–C) groups is 1. The van der Waals surface area contributed by atoms with Gasteiger partial charge in [-0.1, -0.05) is 23.8 Å². The van der Waals surface area contributed by atoms with Crippen molar-refractivity contribution in [3.8, 4) is 5.75 Å². The lowest BCUT2D eigenvalue weighted by Crippen LogP contribution is -2.39. The van der Waals surface area contributed by atoms with E-state index in [4.69, 9.17) is 4.74 Å². The average Bonchev–Trinajstić information content (AvgIpc) is 3.15. The average molecular weight is 376 g/mol. The molecule has 0 radical (unpaired) electrons. The summed E-state index contributed by atoms with van der Waals surface area (Å²) >= 11 is 1.54. The van der Waals surface area contributed by atoms with Crippen molar-refractivity contribution in [3.63, 3.8) is 0 Å². The quantitative estimate of drug-likeness (QED) is 0.490. The number of nitrogens with one attached hydrogen (secondary N) is 2. The maximum absolute atomic E-state index is 10.6. The summed E-state index contributed by atoms with van der Waals surface area (Å²) < 4.78 is 5.43. The number of aryl methyl sites for hydroxylation is 1. The molecule has 142 valence electrons. The van der Waals surface area contributed by atoms with Gasteiger partial charge in [0.2, 0.25) is 0 Å². The summed E-state index contributed by atoms with van der Waals surface area (Å²) in [5, 5.41) is 19.1. The molecule has 2 aromatic rings. The Bertz CT molecular complexity index is 712. The first kappa shape index (κ1) is 20.3. The summed E-state index contributed by atoms with van der Waals surface area (Å²) in [6, 6.07) is 10.1. The van der Waals surface area contributed by atoms with Gasteiger partial charge < -0.3 is 20.5 Å². The Labute approximate surface area is 160 Å². The number of nitrogens with zero attached hydrogens (tertiary/aromatic N) is 1. The zero-order chi connectivity index (χ0) is 19.0. The fraction of sp³-hybridized carbons (Fsp3) is 0.450. The lowest BCUT2D eigenvalue weighted by Gasteiger charge is -2.20. The fourth-order valence-corrected chi connectivity index (χ4v) is 3.44. The summed E-state index contributed by atoms with van der Waals surface area (Å²) in [4.78, 5) is 5.47. The Balaban J connectivity index is 1.97. The van der Waals surface area contributed by atoms with Gasteiger partial charge in [0.25, 0.3) is 0 Å². The van der Waals surface area contributed by atoms with Gasteiger partial charge in [-0.2, -0.15) is 0 Å². The van der Waals surface area contributed by atoms with Gasteiger partial charge in [-0.3, -0.25) is 0 Å². The molecule has 0 amide bonds. The molecule has 0 bridgehead atoms. The first-order valence-electron chi connectivity index (χ1n) is 8.88. The van der Waals surface area contributed by atoms with Gasteiger partial charge in [-0.15, -0.1) is 11.3 Å². The van der Waals surface area contributed by atoms with Crippen LogP contribution >= 0.6 is 11.3 Å². The van der Waals surface area contributed by atoms with E-state index >= 15 is 0 Å². The molecular formula is C20H29N3O2S. The summed E-state index contributed by atoms with van der Waals surface area (Å²) in [6.45, 7) is 7.69. The molecule has 5 nitrogen and oxygen atoms in total. The molecule has 1 aromatic heterocycles. The van der Waals surface area contributed by atoms with Crippen LogP contribution in [-0.2, 0) is 12.0 Å². The van der Waals surface area contributed by atoms with E-state index in [1.54, 1.807) is 25.4 Å². The zero-order valence-corrected chi connectivity index (χ0v) is 16.8. The lowest BCUT2D eigenvalue weighted by molar-refractivity contribution is 0.0711. The molecule has 6 heteroatoms. The van der Waals surface area contributed by atoms with Crippen LogP contribution in [0.1, 0.15) is 29.9 Å². The minimum absolute atomic E-state index is 0.302. The molecule has 2 rings (SSSR count). The Kier molecular flexibility index (Phi) is 7.48. The summed E-state index contributed by atoms with van der Waals surface area (Å²) in [5.41, 5.74) is 1.42. The topological polar surface area (TPSA) is 65.9 Å². The summed E-state index contributed by atoms with van der Waals surface area (Å²) in [6.07, 6.45) is 0.830. The van der Waals surface area contributed by atoms with Crippen molar-refractivity contribution in [1.29, 1.82) is 0 Å². The smallest absolute Gasteiger partial charge is 0.191 e. The van der Waals surface area contributed by atoms with E-state index in [2.05, 4.69) is 28.6 Å². The van der Waals surface area contributed by atoms with E-state index in [0.29, 0.717) is 12.5 Å². The molecule has 0 aliphatic rings. The first-order chi connectivity index (χ1) is 12.5. The van der Waals surface area contributed by atoms with Crippen LogP contribution in [0.25, 0.3) is 0 Å². The highest BCUT2D eigenvalue weighted by Gasteiger charge is 2.23. The minimum atomic E-state index is -0.962. The molecule has 1 heterocycles. The molecular weight excluding hydrogens is 346 g/mol. The minimum Gasteiger partial charge on any atom is -0.496 e. The fourth-order valence-electron chi connectivity index (χ4n) is 2.66. The van der Waals surface area contributed by atoms with Gasteiger partial charge in [0.1, 0.15) is 11.4 Å². The van der Waals surface area contributed by atoms with Gasteiger partial charge in [-0.25, -0.2) is 4.99 Å². The molecule has 3 N–H and O–H groups in total. The molecule has 0 aliphatic carbocycles. The zero-order valence-electron chi connectivity index (χ0n) is 16.0. The van der Waals surface area contributed by atoms with E-state index in [9.17, 15) is 5.11 Å². The van der Waals surface area contributed by atoms with Gasteiger partial charge >= 0.3 is 0 Å². The SMILES string of the molecule is CCNC(=NCC(C)(O)c1cccs1)NCCc1cc(C)ccc1OC. The van der Waals surface area contributed by atoms with E-state index in [0.717, 1.165) is 30.1 Å². The van der Waals surface area contributed by atoms with E-state index in [1.165, 1.54) is 11.1 Å². The maximum Gasteiger partial charge on any atom is 0.191 e. The van der Waals surface area contributed by atoms with Crippen LogP contribution in [0.3, 0.4) is 0 Å². The molecule has 0 spiro atoms. The largest absolute Gasteiger partial charge is 0.496 e. The number of hydrogen-bond acceptors (Lipinski definition) is 4. The highest BCUT2D eigenvalue weighted by atomic mass is 32.1. The third kappa shape index (κ3) is 5.75. The first-order valence-corrected chi connectivity index (χ1v) is 9.76. The van der Waals surface area contributed by atoms with Crippen molar-refractivity contribution in [1.82, 2.24) is 10.6 Å². The number of benzene rings is 1. The number of ether oxygens (including phenoxy) is 1. The Morgan fingerprint density at radius 1 is 1.31 bits per heavy atom. The highest BCUT2D eigenvalue weighted by molar-refractivity contribution is 7.10. The number of rotatable bonds is 8. The molecule has 1 unspecified atom stereocenters. The van der Waals surface area contributed by atoms with Crippen LogP contribution in [0, 0.1) is 6.92 Å². The standard InChI is InChI=1S/C20H29N3O2S/c1-5-21-19(23-14-20(3,24)18-7-6-12-26-18)22-11-10-16-13-15(2)8-9-17(16)25-4/h6-9,12-13,24H,5,10-11,14H2,1-4H3,(H2,21,22,23). The number of guanidine groups is 1. The Morgan fingerprint density at radius 2 is 2.12 bits per heavy atom. The maximum atomic E-state index is 10.6. The molecule has 0 saturated carbocycles. The number of hydrogen-bond donors (Lipinski definition) is 3. The Morgan fingerprint density at radius 3 is 2.77 bits per heavy atom. The summed E-state index contributed by atoms with van der Waals surface area (Å²) in [7, 11) is 1.69. The molecule has 0 saturated heterocycles. The predicted molar refractivity (Wildman–Crippen MR) is 109 cm³/mol.